The van der Waals surface area contributed by atoms with Crippen LogP contribution in [0.4, 0.5) is 0 Å². The molecule has 2 aliphatic rings. The van der Waals surface area contributed by atoms with Crippen LogP contribution in [-0.4, -0.2) is 66.1 Å². The van der Waals surface area contributed by atoms with Crippen LogP contribution in [-0.2, 0) is 6.54 Å². The molecule has 0 N–H and O–H groups in total. The first kappa shape index (κ1) is 15.0. The van der Waals surface area contributed by atoms with Gasteiger partial charge in [-0.05, 0) is 31.6 Å². The molecule has 2 bridgehead atoms. The van der Waals surface area contributed by atoms with E-state index in [2.05, 4.69) is 58.9 Å². The van der Waals surface area contributed by atoms with Crippen LogP contribution >= 0.6 is 0 Å². The number of rotatable bonds is 5. The summed E-state index contributed by atoms with van der Waals surface area (Å²) in [5.41, 5.74) is 1.45. The van der Waals surface area contributed by atoms with E-state index < -0.39 is 0 Å². The molecule has 3 heteroatoms. The summed E-state index contributed by atoms with van der Waals surface area (Å²) in [6.07, 6.45) is 1.33. The van der Waals surface area contributed by atoms with Crippen molar-refractivity contribution in [3.05, 3.63) is 35.9 Å². The first-order valence-electron chi connectivity index (χ1n) is 8.56. The molecular formula is C18H29N3. The number of nitrogens with zero attached hydrogens (tertiary/aromatic N) is 3. The minimum absolute atomic E-state index is 0.701. The molecule has 2 aliphatic heterocycles. The molecule has 0 spiro atoms. The lowest BCUT2D eigenvalue weighted by atomic mass is 9.93. The normalized spacial score (nSPS) is 29.8. The van der Waals surface area contributed by atoms with Crippen molar-refractivity contribution in [2.45, 2.75) is 38.9 Å². The van der Waals surface area contributed by atoms with Gasteiger partial charge in [0.25, 0.3) is 0 Å². The van der Waals surface area contributed by atoms with Crippen LogP contribution in [0, 0.1) is 0 Å². The van der Waals surface area contributed by atoms with Crippen LogP contribution in [0.25, 0.3) is 0 Å². The zero-order chi connectivity index (χ0) is 14.7. The summed E-state index contributed by atoms with van der Waals surface area (Å²) >= 11 is 0. The Bertz CT molecular complexity index is 429. The molecule has 3 atom stereocenters. The summed E-state index contributed by atoms with van der Waals surface area (Å²) in [4.78, 5) is 8.06. The van der Waals surface area contributed by atoms with Crippen molar-refractivity contribution in [2.75, 3.05) is 39.3 Å². The second kappa shape index (κ2) is 6.91. The van der Waals surface area contributed by atoms with Crippen LogP contribution < -0.4 is 0 Å². The van der Waals surface area contributed by atoms with Gasteiger partial charge < -0.3 is 4.90 Å². The highest BCUT2D eigenvalue weighted by atomic mass is 15.3. The fourth-order valence-corrected chi connectivity index (χ4v) is 4.12. The van der Waals surface area contributed by atoms with Crippen molar-refractivity contribution < 1.29 is 0 Å². The smallest absolute Gasteiger partial charge is 0.0383 e. The maximum Gasteiger partial charge on any atom is 0.0383 e. The van der Waals surface area contributed by atoms with Crippen molar-refractivity contribution in [3.8, 4) is 0 Å². The maximum atomic E-state index is 2.73. The summed E-state index contributed by atoms with van der Waals surface area (Å²) in [7, 11) is 0. The van der Waals surface area contributed by atoms with Gasteiger partial charge in [-0.25, -0.2) is 0 Å². The third-order valence-corrected chi connectivity index (χ3v) is 5.31. The van der Waals surface area contributed by atoms with E-state index in [0.29, 0.717) is 6.04 Å². The molecule has 2 fully saturated rings. The first-order chi connectivity index (χ1) is 10.3. The molecule has 0 aromatic heterocycles. The average molecular weight is 287 g/mol. The molecule has 0 aliphatic carbocycles. The zero-order valence-corrected chi connectivity index (χ0v) is 13.5. The van der Waals surface area contributed by atoms with E-state index >= 15 is 0 Å². The van der Waals surface area contributed by atoms with E-state index in [-0.39, 0.29) is 0 Å². The molecule has 116 valence electrons. The van der Waals surface area contributed by atoms with Gasteiger partial charge >= 0.3 is 0 Å². The zero-order valence-electron chi connectivity index (χ0n) is 13.5. The summed E-state index contributed by atoms with van der Waals surface area (Å²) in [5, 5.41) is 0. The Kier molecular flexibility index (Phi) is 4.94. The predicted molar refractivity (Wildman–Crippen MR) is 88.4 cm³/mol. The van der Waals surface area contributed by atoms with Gasteiger partial charge in [-0.2, -0.15) is 0 Å². The Hall–Kier alpha value is -0.900. The maximum absolute atomic E-state index is 2.73. The summed E-state index contributed by atoms with van der Waals surface area (Å²) in [5.74, 6) is 0. The largest absolute Gasteiger partial charge is 0.300 e. The predicted octanol–water partition coefficient (Wildman–Crippen LogP) is 2.29. The lowest BCUT2D eigenvalue weighted by Gasteiger charge is -2.51. The molecule has 3 rings (SSSR count). The van der Waals surface area contributed by atoms with Crippen LogP contribution in [0.5, 0.6) is 0 Å². The SMILES string of the molecule is CCN(CC)[C@H]1CCN2CCN(Cc3ccccc3)[C@@H]1C2. The number of piperidine rings is 1. The number of hydrogen-bond acceptors (Lipinski definition) is 3. The third kappa shape index (κ3) is 3.31. The van der Waals surface area contributed by atoms with Crippen molar-refractivity contribution in [1.29, 1.82) is 0 Å². The van der Waals surface area contributed by atoms with Crippen LogP contribution in [0.1, 0.15) is 25.8 Å². The van der Waals surface area contributed by atoms with Gasteiger partial charge in [0.2, 0.25) is 0 Å². The van der Waals surface area contributed by atoms with E-state index in [1.165, 1.54) is 51.3 Å². The lowest BCUT2D eigenvalue weighted by molar-refractivity contribution is -0.0252. The van der Waals surface area contributed by atoms with Crippen molar-refractivity contribution in [1.82, 2.24) is 14.7 Å². The molecule has 1 aromatic rings. The fourth-order valence-electron chi connectivity index (χ4n) is 4.12. The average Bonchev–Trinajstić information content (AvgIpc) is 2.54. The summed E-state index contributed by atoms with van der Waals surface area (Å²) in [6, 6.07) is 12.4. The molecule has 0 radical (unpaired) electrons. The second-order valence-corrected chi connectivity index (χ2v) is 6.40. The topological polar surface area (TPSA) is 9.72 Å². The minimum Gasteiger partial charge on any atom is -0.300 e. The fraction of sp³-hybridized carbons (Fsp3) is 0.667. The highest BCUT2D eigenvalue weighted by Crippen LogP contribution is 2.26. The van der Waals surface area contributed by atoms with Crippen LogP contribution in [0.15, 0.2) is 30.3 Å². The Labute approximate surface area is 129 Å². The van der Waals surface area contributed by atoms with Gasteiger partial charge in [0.15, 0.2) is 0 Å². The molecule has 21 heavy (non-hydrogen) atoms. The van der Waals surface area contributed by atoms with E-state index in [0.717, 1.165) is 12.6 Å². The molecular weight excluding hydrogens is 258 g/mol. The summed E-state index contributed by atoms with van der Waals surface area (Å²) < 4.78 is 0. The number of fused-ring (bicyclic) bond motifs is 2. The first-order valence-corrected chi connectivity index (χ1v) is 8.56. The van der Waals surface area contributed by atoms with Gasteiger partial charge in [0.1, 0.15) is 0 Å². The van der Waals surface area contributed by atoms with E-state index in [9.17, 15) is 0 Å². The standard InChI is InChI=1S/C18H29N3/c1-3-20(4-2)17-10-11-19-12-13-21(18(17)15-19)14-16-8-6-5-7-9-16/h5-9,17-18H,3-4,10-15H2,1-2H3/t17-,18+/m0/s1. The highest BCUT2D eigenvalue weighted by Gasteiger charge is 2.38. The van der Waals surface area contributed by atoms with Crippen LogP contribution in [0.2, 0.25) is 0 Å². The van der Waals surface area contributed by atoms with E-state index in [1.807, 2.05) is 0 Å². The quantitative estimate of drug-likeness (QED) is 0.823. The molecule has 2 saturated heterocycles. The molecule has 0 saturated carbocycles. The number of piperazine rings is 1. The van der Waals surface area contributed by atoms with Gasteiger partial charge in [-0.1, -0.05) is 44.2 Å². The molecule has 3 nitrogen and oxygen atoms in total. The Balaban J connectivity index is 1.74. The van der Waals surface area contributed by atoms with Gasteiger partial charge in [-0.15, -0.1) is 0 Å². The second-order valence-electron chi connectivity index (χ2n) is 6.40. The monoisotopic (exact) mass is 287 g/mol. The molecule has 2 heterocycles. The molecule has 1 aromatic carbocycles. The Morgan fingerprint density at radius 2 is 1.81 bits per heavy atom. The number of likely N-dealkylation sites (N-methyl/N-ethyl adjacent to an activating group) is 1. The van der Waals surface area contributed by atoms with E-state index in [4.69, 9.17) is 0 Å². The van der Waals surface area contributed by atoms with Gasteiger partial charge in [-0.3, -0.25) is 9.80 Å². The van der Waals surface area contributed by atoms with Gasteiger partial charge in [0, 0.05) is 38.3 Å². The van der Waals surface area contributed by atoms with Crippen LogP contribution in [0.3, 0.4) is 0 Å². The Morgan fingerprint density at radius 1 is 1.05 bits per heavy atom. The molecule has 0 amide bonds. The van der Waals surface area contributed by atoms with E-state index in [1.54, 1.807) is 0 Å². The van der Waals surface area contributed by atoms with Crippen molar-refractivity contribution in [3.63, 3.8) is 0 Å². The molecule has 1 unspecified atom stereocenters. The highest BCUT2D eigenvalue weighted by molar-refractivity contribution is 5.15. The number of hydrogen-bond donors (Lipinski definition) is 0. The lowest BCUT2D eigenvalue weighted by Crippen LogP contribution is -2.65. The van der Waals surface area contributed by atoms with Crippen molar-refractivity contribution >= 4 is 0 Å². The third-order valence-electron chi connectivity index (χ3n) is 5.31. The van der Waals surface area contributed by atoms with Crippen molar-refractivity contribution in [2.24, 2.45) is 0 Å². The minimum atomic E-state index is 0.701. The Morgan fingerprint density at radius 3 is 2.52 bits per heavy atom. The summed E-state index contributed by atoms with van der Waals surface area (Å²) in [6.45, 7) is 13.1. The van der Waals surface area contributed by atoms with Gasteiger partial charge in [0.05, 0.1) is 0 Å². The number of benzene rings is 1.